The third kappa shape index (κ3) is 14.6. The second-order valence-corrected chi connectivity index (χ2v) is 16.2. The Bertz CT molecular complexity index is 1640. The van der Waals surface area contributed by atoms with Crippen LogP contribution in [0.5, 0.6) is 0 Å². The first kappa shape index (κ1) is 52.3. The fraction of sp³-hybridized carbons (Fsp3) is 0.885. The van der Waals surface area contributed by atoms with Crippen LogP contribution in [0, 0.1) is 11.8 Å². The molecule has 0 aromatic rings. The van der Waals surface area contributed by atoms with E-state index in [-0.39, 0.29) is 24.6 Å². The topological polar surface area (TPSA) is 446 Å². The number of carboxylic acid groups (broad SMARTS) is 1. The Balaban J connectivity index is 1.60. The fourth-order valence-electron chi connectivity index (χ4n) is 6.33. The first-order valence-corrected chi connectivity index (χ1v) is 21.1. The van der Waals surface area contributed by atoms with Crippen molar-refractivity contribution in [1.29, 1.82) is 0 Å². The number of carboxylic acids is 1. The number of ether oxygens (including phenoxy) is 7. The largest absolute Gasteiger partial charge is 0.475 e. The van der Waals surface area contributed by atoms with Crippen LogP contribution in [0.1, 0.15) is 13.8 Å². The van der Waals surface area contributed by atoms with Crippen molar-refractivity contribution in [2.24, 2.45) is 11.8 Å². The summed E-state index contributed by atoms with van der Waals surface area (Å²) in [4.78, 5) is 11.5. The molecule has 0 bridgehead atoms. The van der Waals surface area contributed by atoms with Crippen molar-refractivity contribution < 1.29 is 146 Å². The Morgan fingerprint density at radius 2 is 1.41 bits per heavy atom. The first-order valence-electron chi connectivity index (χ1n) is 17.0. The van der Waals surface area contributed by atoms with E-state index in [1.165, 1.54) is 13.8 Å². The van der Waals surface area contributed by atoms with Crippen molar-refractivity contribution in [2.75, 3.05) is 19.8 Å². The van der Waals surface area contributed by atoms with Gasteiger partial charge in [-0.2, -0.15) is 16.8 Å². The summed E-state index contributed by atoms with van der Waals surface area (Å²) in [6, 6.07) is 0. The van der Waals surface area contributed by atoms with Crippen LogP contribution in [0.4, 0.5) is 0 Å². The number of hydrogen-bond donors (Lipinski definition) is 11. The molecule has 0 aromatic carbocycles. The second-order valence-electron chi connectivity index (χ2n) is 13.1. The summed E-state index contributed by atoms with van der Waals surface area (Å²) in [6.45, 7) is -0.233. The molecule has 4 aliphatic rings. The maximum atomic E-state index is 12.2. The van der Waals surface area contributed by atoms with Crippen molar-refractivity contribution in [3.05, 3.63) is 11.8 Å². The molecule has 4 rings (SSSR count). The molecule has 7 unspecified atom stereocenters. The first-order chi connectivity index (χ1) is 28.6. The smallest absolute Gasteiger partial charge is 0.397 e. The van der Waals surface area contributed by atoms with E-state index in [0.29, 0.717) is 6.08 Å². The SMILES string of the molecule is CC(OSOOO)[C@H]1O[C@@H](O[C@@H]2C(C)O[C@@H](OC[C@H]3C(CO[C@@H]4OC(C(=O)O)=C[C@@H](O)C4O)[C@@H](O)OC(COS(=O)(=O)O)[C@H]3O)C(OSOOO)[C@H]2OS(=O)(=O)O)C(O)[C@H]1O. The van der Waals surface area contributed by atoms with Gasteiger partial charge < -0.3 is 68.9 Å². The highest BCUT2D eigenvalue weighted by Gasteiger charge is 2.55. The summed E-state index contributed by atoms with van der Waals surface area (Å²) in [5, 5.41) is 97.3. The Hall–Kier alpha value is -1.35. The summed E-state index contributed by atoms with van der Waals surface area (Å²) in [6.07, 6.45) is -28.0. The Labute approximate surface area is 352 Å². The van der Waals surface area contributed by atoms with Crippen LogP contribution in [0.25, 0.3) is 0 Å². The van der Waals surface area contributed by atoms with Crippen molar-refractivity contribution >= 4 is 51.4 Å². The molecule has 3 fully saturated rings. The molecule has 61 heavy (non-hydrogen) atoms. The van der Waals surface area contributed by atoms with Crippen LogP contribution < -0.4 is 0 Å². The minimum absolute atomic E-state index is 0.111. The lowest BCUT2D eigenvalue weighted by Crippen LogP contribution is -2.62. The Morgan fingerprint density at radius 1 is 0.770 bits per heavy atom. The molecule has 0 spiro atoms. The molecule has 0 radical (unpaired) electrons. The summed E-state index contributed by atoms with van der Waals surface area (Å²) in [5.74, 6) is -5.53. The minimum Gasteiger partial charge on any atom is -0.475 e. The summed E-state index contributed by atoms with van der Waals surface area (Å²) in [5.41, 5.74) is 0. The van der Waals surface area contributed by atoms with E-state index < -0.39 is 163 Å². The number of carbonyl (C=O) groups is 1. The highest BCUT2D eigenvalue weighted by atomic mass is 32.3. The number of aliphatic carboxylic acids is 1. The molecule has 356 valence electrons. The lowest BCUT2D eigenvalue weighted by atomic mass is 9.83. The van der Waals surface area contributed by atoms with Gasteiger partial charge in [0, 0.05) is 11.8 Å². The molecule has 0 aromatic heterocycles. The van der Waals surface area contributed by atoms with Gasteiger partial charge in [0.15, 0.2) is 49.6 Å². The van der Waals surface area contributed by atoms with Gasteiger partial charge in [-0.1, -0.05) is 10.1 Å². The van der Waals surface area contributed by atoms with Gasteiger partial charge in [-0.05, 0) is 19.9 Å². The van der Waals surface area contributed by atoms with E-state index in [1.54, 1.807) is 0 Å². The van der Waals surface area contributed by atoms with Crippen LogP contribution in [0.2, 0.25) is 0 Å². The number of hydrogen-bond acceptors (Lipinski definition) is 30. The highest BCUT2D eigenvalue weighted by molar-refractivity contribution is 7.90. The molecule has 18 atom stereocenters. The third-order valence-electron chi connectivity index (χ3n) is 9.17. The van der Waals surface area contributed by atoms with Crippen LogP contribution in [0.15, 0.2) is 11.8 Å². The predicted octanol–water partition coefficient (Wildman–Crippen LogP) is -4.28. The number of aliphatic hydroxyl groups is 6. The van der Waals surface area contributed by atoms with Gasteiger partial charge in [-0.3, -0.25) is 17.5 Å². The van der Waals surface area contributed by atoms with E-state index in [4.69, 9.17) is 60.8 Å². The zero-order chi connectivity index (χ0) is 45.4. The van der Waals surface area contributed by atoms with Crippen molar-refractivity contribution in [3.8, 4) is 0 Å². The van der Waals surface area contributed by atoms with E-state index in [1.807, 2.05) is 0 Å². The summed E-state index contributed by atoms with van der Waals surface area (Å²) < 4.78 is 133. The monoisotopic (exact) mass is 978 g/mol. The maximum Gasteiger partial charge on any atom is 0.397 e. The van der Waals surface area contributed by atoms with Gasteiger partial charge in [-0.25, -0.2) is 23.7 Å². The summed E-state index contributed by atoms with van der Waals surface area (Å²) >= 11 is -0.0907. The number of rotatable bonds is 23. The molecule has 4 aliphatic heterocycles. The fourth-order valence-corrected chi connectivity index (χ4v) is 7.77. The van der Waals surface area contributed by atoms with Gasteiger partial charge in [-0.15, -0.1) is 8.67 Å². The van der Waals surface area contributed by atoms with Crippen LogP contribution in [-0.2, 0) is 94.2 Å². The van der Waals surface area contributed by atoms with Crippen LogP contribution in [-0.4, -0.2) is 196 Å². The standard InChI is InChI=1S/C26H42O31S4/c1-7-19(50-25-17(31)16(30)18(49-25)8(2)51-58-56-54-35)20(53-61(40,41)42)21(52-59-57-55-36)26(46-7)44-4-9-10(23(34)47-13(14(9)28)6-45-60(37,38)39)5-43-24-15(29)11(27)3-12(48-24)22(32)33/h3,7-11,13-21,23-31,34-36H,4-6H2,1-2H3,(H,32,33)(H,37,38,39)(H,40,41,42)/t7?,8?,9-,10?,11+,13?,14-,15?,16+,17?,18+,19+,20-,21?,23-,24+,25-,26+/m0/s1. The van der Waals surface area contributed by atoms with Gasteiger partial charge >= 0.3 is 26.8 Å². The Kier molecular flexibility index (Phi) is 19.9. The predicted molar refractivity (Wildman–Crippen MR) is 182 cm³/mol. The van der Waals surface area contributed by atoms with Gasteiger partial charge in [0.2, 0.25) is 12.0 Å². The molecule has 3 saturated heterocycles. The van der Waals surface area contributed by atoms with E-state index in [2.05, 4.69) is 22.9 Å². The van der Waals surface area contributed by atoms with Gasteiger partial charge in [0.25, 0.3) is 0 Å². The maximum absolute atomic E-state index is 12.2. The molecule has 4 heterocycles. The molecule has 35 heteroatoms. The second kappa shape index (κ2) is 23.2. The normalized spacial score (nSPS) is 39.1. The van der Waals surface area contributed by atoms with E-state index >= 15 is 0 Å². The van der Waals surface area contributed by atoms with Crippen molar-refractivity contribution in [3.63, 3.8) is 0 Å². The quantitative estimate of drug-likeness (QED) is 0.0152. The molecule has 0 saturated carbocycles. The zero-order valence-corrected chi connectivity index (χ0v) is 34.1. The third-order valence-corrected chi connectivity index (χ3v) is 11.0. The minimum atomic E-state index is -5.49. The summed E-state index contributed by atoms with van der Waals surface area (Å²) in [7, 11) is -10.6. The Morgan fingerprint density at radius 3 is 2.03 bits per heavy atom. The van der Waals surface area contributed by atoms with Crippen LogP contribution >= 0.6 is 24.6 Å². The molecular weight excluding hydrogens is 937 g/mol. The van der Waals surface area contributed by atoms with Crippen LogP contribution in [0.3, 0.4) is 0 Å². The molecule has 11 N–H and O–H groups in total. The van der Waals surface area contributed by atoms with E-state index in [0.717, 1.165) is 0 Å². The molecule has 0 aliphatic carbocycles. The lowest BCUT2D eigenvalue weighted by Gasteiger charge is -2.46. The molecule has 0 amide bonds. The van der Waals surface area contributed by atoms with Gasteiger partial charge in [0.05, 0.1) is 32.0 Å². The van der Waals surface area contributed by atoms with Gasteiger partial charge in [0.1, 0.15) is 54.9 Å². The number of aliphatic hydroxyl groups excluding tert-OH is 6. The lowest BCUT2D eigenvalue weighted by molar-refractivity contribution is -0.435. The molecule has 31 nitrogen and oxygen atoms in total. The van der Waals surface area contributed by atoms with Crippen molar-refractivity contribution in [2.45, 2.75) is 112 Å². The van der Waals surface area contributed by atoms with E-state index in [9.17, 15) is 61.9 Å². The zero-order valence-electron chi connectivity index (χ0n) is 30.8. The van der Waals surface area contributed by atoms with Crippen molar-refractivity contribution in [1.82, 2.24) is 0 Å². The average Bonchev–Trinajstić information content (AvgIpc) is 3.45. The molecular formula is C26H42O31S4. The average molecular weight is 979 g/mol. The highest BCUT2D eigenvalue weighted by Crippen LogP contribution is 2.38.